The maximum Gasteiger partial charge on any atom is 0.150 e. The Morgan fingerprint density at radius 1 is 1.42 bits per heavy atom. The van der Waals surface area contributed by atoms with Crippen molar-refractivity contribution in [3.8, 4) is 0 Å². The van der Waals surface area contributed by atoms with Crippen LogP contribution in [0.15, 0.2) is 24.3 Å². The van der Waals surface area contributed by atoms with Crippen molar-refractivity contribution < 1.29 is 13.5 Å². The fourth-order valence-corrected chi connectivity index (χ4v) is 4.63. The van der Waals surface area contributed by atoms with E-state index in [9.17, 15) is 13.5 Å². The third kappa shape index (κ3) is 4.05. The normalized spacial score (nSPS) is 23.4. The molecule has 0 bridgehead atoms. The van der Waals surface area contributed by atoms with Gasteiger partial charge in [-0.1, -0.05) is 37.6 Å². The summed E-state index contributed by atoms with van der Waals surface area (Å²) in [7, 11) is -2.85. The van der Waals surface area contributed by atoms with Crippen LogP contribution in [0.1, 0.15) is 43.4 Å². The third-order valence-electron chi connectivity index (χ3n) is 3.76. The lowest BCUT2D eigenvalue weighted by molar-refractivity contribution is 0.148. The molecule has 1 aliphatic rings. The van der Waals surface area contributed by atoms with Crippen LogP contribution in [0.4, 0.5) is 0 Å². The van der Waals surface area contributed by atoms with Gasteiger partial charge in [0.2, 0.25) is 0 Å². The molecule has 1 aromatic rings. The molecule has 1 aromatic carbocycles. The fraction of sp³-hybridized carbons (Fsp3) is 0.600. The summed E-state index contributed by atoms with van der Waals surface area (Å²) >= 11 is 0. The van der Waals surface area contributed by atoms with E-state index < -0.39 is 15.9 Å². The van der Waals surface area contributed by atoms with Crippen molar-refractivity contribution in [3.63, 3.8) is 0 Å². The Balaban J connectivity index is 2.00. The van der Waals surface area contributed by atoms with Gasteiger partial charge < -0.3 is 5.11 Å². The number of hydrogen-bond acceptors (Lipinski definition) is 3. The lowest BCUT2D eigenvalue weighted by atomic mass is 9.95. The zero-order valence-electron chi connectivity index (χ0n) is 11.4. The minimum atomic E-state index is -2.85. The molecule has 1 heterocycles. The van der Waals surface area contributed by atoms with Crippen LogP contribution in [0.25, 0.3) is 0 Å². The standard InChI is InChI=1S/C15H22O3S/c1-2-4-12-5-3-6-14(9-12)15(16)10-13-7-8-19(17,18)11-13/h3,5-6,9,13,15-16H,2,4,7-8,10-11H2,1H3. The summed E-state index contributed by atoms with van der Waals surface area (Å²) in [5.74, 6) is 0.619. The minimum Gasteiger partial charge on any atom is -0.388 e. The van der Waals surface area contributed by atoms with Crippen LogP contribution in [-0.4, -0.2) is 25.0 Å². The molecular formula is C15H22O3S. The van der Waals surface area contributed by atoms with Crippen molar-refractivity contribution in [3.05, 3.63) is 35.4 Å². The molecule has 106 valence electrons. The number of sulfone groups is 1. The van der Waals surface area contributed by atoms with Crippen molar-refractivity contribution in [1.82, 2.24) is 0 Å². The van der Waals surface area contributed by atoms with Crippen LogP contribution >= 0.6 is 0 Å². The maximum absolute atomic E-state index is 11.4. The minimum absolute atomic E-state index is 0.106. The molecule has 0 amide bonds. The van der Waals surface area contributed by atoms with E-state index in [0.717, 1.165) is 18.4 Å². The quantitative estimate of drug-likeness (QED) is 0.902. The third-order valence-corrected chi connectivity index (χ3v) is 5.59. The van der Waals surface area contributed by atoms with Gasteiger partial charge >= 0.3 is 0 Å². The van der Waals surface area contributed by atoms with E-state index in [-0.39, 0.29) is 17.4 Å². The first-order valence-electron chi connectivity index (χ1n) is 6.97. The second-order valence-electron chi connectivity index (χ2n) is 5.52. The summed E-state index contributed by atoms with van der Waals surface area (Å²) in [5.41, 5.74) is 2.15. The van der Waals surface area contributed by atoms with E-state index in [1.54, 1.807) is 0 Å². The van der Waals surface area contributed by atoms with Gasteiger partial charge in [0.1, 0.15) is 0 Å². The Labute approximate surface area is 115 Å². The Bertz CT molecular complexity index is 522. The van der Waals surface area contributed by atoms with Crippen molar-refractivity contribution in [2.75, 3.05) is 11.5 Å². The van der Waals surface area contributed by atoms with Gasteiger partial charge in [0.05, 0.1) is 17.6 Å². The average Bonchev–Trinajstić information content (AvgIpc) is 2.69. The van der Waals surface area contributed by atoms with Crippen molar-refractivity contribution >= 4 is 9.84 Å². The Morgan fingerprint density at radius 2 is 2.21 bits per heavy atom. The van der Waals surface area contributed by atoms with E-state index in [2.05, 4.69) is 13.0 Å². The van der Waals surface area contributed by atoms with Crippen LogP contribution < -0.4 is 0 Å². The summed E-state index contributed by atoms with van der Waals surface area (Å²) in [6.07, 6.45) is 2.79. The highest BCUT2D eigenvalue weighted by Crippen LogP contribution is 2.29. The van der Waals surface area contributed by atoms with Gasteiger partial charge in [0.25, 0.3) is 0 Å². The highest BCUT2D eigenvalue weighted by Gasteiger charge is 2.29. The molecule has 1 fully saturated rings. The molecular weight excluding hydrogens is 260 g/mol. The van der Waals surface area contributed by atoms with Gasteiger partial charge in [-0.15, -0.1) is 0 Å². The molecule has 1 N–H and O–H groups in total. The zero-order chi connectivity index (χ0) is 13.9. The Hall–Kier alpha value is -0.870. The zero-order valence-corrected chi connectivity index (χ0v) is 12.2. The topological polar surface area (TPSA) is 54.4 Å². The van der Waals surface area contributed by atoms with Crippen LogP contribution in [-0.2, 0) is 16.3 Å². The molecule has 2 rings (SSSR count). The first kappa shape index (κ1) is 14.5. The first-order chi connectivity index (χ1) is 9.00. The van der Waals surface area contributed by atoms with E-state index >= 15 is 0 Å². The average molecular weight is 282 g/mol. The molecule has 0 radical (unpaired) electrons. The van der Waals surface area contributed by atoms with Crippen LogP contribution in [0, 0.1) is 5.92 Å². The monoisotopic (exact) mass is 282 g/mol. The van der Waals surface area contributed by atoms with Crippen LogP contribution in [0.3, 0.4) is 0 Å². The molecule has 2 atom stereocenters. The summed E-state index contributed by atoms with van der Waals surface area (Å²) < 4.78 is 22.8. The molecule has 1 aliphatic heterocycles. The summed E-state index contributed by atoms with van der Waals surface area (Å²) in [6, 6.07) is 8.00. The van der Waals surface area contributed by atoms with Crippen LogP contribution in [0.5, 0.6) is 0 Å². The van der Waals surface area contributed by atoms with E-state index in [0.29, 0.717) is 12.8 Å². The Morgan fingerprint density at radius 3 is 2.84 bits per heavy atom. The van der Waals surface area contributed by atoms with Crippen LogP contribution in [0.2, 0.25) is 0 Å². The van der Waals surface area contributed by atoms with Gasteiger partial charge in [0, 0.05) is 0 Å². The second-order valence-corrected chi connectivity index (χ2v) is 7.74. The van der Waals surface area contributed by atoms with Crippen molar-refractivity contribution in [2.45, 2.75) is 38.7 Å². The number of aryl methyl sites for hydroxylation is 1. The molecule has 19 heavy (non-hydrogen) atoms. The molecule has 0 saturated carbocycles. The van der Waals surface area contributed by atoms with Crippen molar-refractivity contribution in [2.24, 2.45) is 5.92 Å². The molecule has 0 spiro atoms. The number of aliphatic hydroxyl groups is 1. The summed E-state index contributed by atoms with van der Waals surface area (Å²) in [5, 5.41) is 10.2. The Kier molecular flexibility index (Phi) is 4.63. The van der Waals surface area contributed by atoms with Crippen molar-refractivity contribution in [1.29, 1.82) is 0 Å². The molecule has 2 unspecified atom stereocenters. The number of aliphatic hydroxyl groups excluding tert-OH is 1. The molecule has 1 saturated heterocycles. The van der Waals surface area contributed by atoms with Gasteiger partial charge in [-0.3, -0.25) is 0 Å². The number of hydrogen-bond donors (Lipinski definition) is 1. The highest BCUT2D eigenvalue weighted by molar-refractivity contribution is 7.91. The first-order valence-corrected chi connectivity index (χ1v) is 8.79. The number of benzene rings is 1. The number of rotatable bonds is 5. The lowest BCUT2D eigenvalue weighted by Gasteiger charge is -2.15. The molecule has 4 heteroatoms. The highest BCUT2D eigenvalue weighted by atomic mass is 32.2. The lowest BCUT2D eigenvalue weighted by Crippen LogP contribution is -2.09. The predicted octanol–water partition coefficient (Wildman–Crippen LogP) is 2.50. The smallest absolute Gasteiger partial charge is 0.150 e. The summed E-state index contributed by atoms with van der Waals surface area (Å²) in [6.45, 7) is 2.13. The maximum atomic E-state index is 11.4. The van der Waals surface area contributed by atoms with Gasteiger partial charge in [-0.05, 0) is 36.3 Å². The molecule has 0 aliphatic carbocycles. The SMILES string of the molecule is CCCc1cccc(C(O)CC2CCS(=O)(=O)C2)c1. The van der Waals surface area contributed by atoms with Gasteiger partial charge in [-0.2, -0.15) is 0 Å². The fourth-order valence-electron chi connectivity index (χ4n) is 2.75. The largest absolute Gasteiger partial charge is 0.388 e. The predicted molar refractivity (Wildman–Crippen MR) is 76.8 cm³/mol. The molecule has 0 aromatic heterocycles. The summed E-state index contributed by atoms with van der Waals surface area (Å²) in [4.78, 5) is 0. The van der Waals surface area contributed by atoms with Gasteiger partial charge in [0.15, 0.2) is 9.84 Å². The molecule has 3 nitrogen and oxygen atoms in total. The van der Waals surface area contributed by atoms with E-state index in [1.807, 2.05) is 18.2 Å². The van der Waals surface area contributed by atoms with E-state index in [1.165, 1.54) is 5.56 Å². The van der Waals surface area contributed by atoms with E-state index in [4.69, 9.17) is 0 Å². The second kappa shape index (κ2) is 6.06. The van der Waals surface area contributed by atoms with Gasteiger partial charge in [-0.25, -0.2) is 8.42 Å².